The highest BCUT2D eigenvalue weighted by molar-refractivity contribution is 7.99. The summed E-state index contributed by atoms with van der Waals surface area (Å²) >= 11 is 1.92. The largest absolute Gasteiger partial charge is 0.380 e. The third-order valence-corrected chi connectivity index (χ3v) is 4.18. The van der Waals surface area contributed by atoms with Crippen molar-refractivity contribution >= 4 is 28.8 Å². The fraction of sp³-hybridized carbons (Fsp3) is 0.538. The Morgan fingerprint density at radius 1 is 1.42 bits per heavy atom. The van der Waals surface area contributed by atoms with Crippen LogP contribution in [0.3, 0.4) is 0 Å². The zero-order valence-electron chi connectivity index (χ0n) is 11.1. The van der Waals surface area contributed by atoms with Gasteiger partial charge in [0.05, 0.1) is 4.92 Å². The minimum absolute atomic E-state index is 0.205. The first-order valence-corrected chi connectivity index (χ1v) is 7.73. The van der Waals surface area contributed by atoms with Crippen molar-refractivity contribution in [3.8, 4) is 0 Å². The molecule has 1 aliphatic rings. The molecule has 19 heavy (non-hydrogen) atoms. The standard InChI is InChI=1S/C13H19N3O2S/c1-2-14-11-5-3-6-12(13(11)16(17)18)15-7-4-9-19-10-8-15/h3,5-6,14H,2,4,7-10H2,1H3. The van der Waals surface area contributed by atoms with Gasteiger partial charge in [0.15, 0.2) is 0 Å². The van der Waals surface area contributed by atoms with E-state index >= 15 is 0 Å². The second-order valence-corrected chi connectivity index (χ2v) is 5.64. The summed E-state index contributed by atoms with van der Waals surface area (Å²) in [6.07, 6.45) is 1.08. The van der Waals surface area contributed by atoms with Gasteiger partial charge in [-0.1, -0.05) is 6.07 Å². The van der Waals surface area contributed by atoms with Crippen molar-refractivity contribution in [3.05, 3.63) is 28.3 Å². The minimum Gasteiger partial charge on any atom is -0.380 e. The van der Waals surface area contributed by atoms with Crippen LogP contribution in [0.5, 0.6) is 0 Å². The maximum Gasteiger partial charge on any atom is 0.315 e. The van der Waals surface area contributed by atoms with Crippen LogP contribution in [0.1, 0.15) is 13.3 Å². The van der Waals surface area contributed by atoms with E-state index in [4.69, 9.17) is 0 Å². The highest BCUT2D eigenvalue weighted by Gasteiger charge is 2.24. The van der Waals surface area contributed by atoms with Gasteiger partial charge >= 0.3 is 5.69 Å². The van der Waals surface area contributed by atoms with Crippen molar-refractivity contribution in [1.29, 1.82) is 0 Å². The van der Waals surface area contributed by atoms with Crippen molar-refractivity contribution < 1.29 is 4.92 Å². The molecule has 0 unspecified atom stereocenters. The van der Waals surface area contributed by atoms with Crippen LogP contribution in [-0.4, -0.2) is 36.1 Å². The van der Waals surface area contributed by atoms with E-state index in [1.807, 2.05) is 30.8 Å². The van der Waals surface area contributed by atoms with Crippen LogP contribution in [0.25, 0.3) is 0 Å². The van der Waals surface area contributed by atoms with Crippen molar-refractivity contribution in [1.82, 2.24) is 0 Å². The van der Waals surface area contributed by atoms with E-state index in [0.29, 0.717) is 12.2 Å². The first-order chi connectivity index (χ1) is 9.24. The lowest BCUT2D eigenvalue weighted by atomic mass is 10.2. The molecule has 1 aromatic rings. The fourth-order valence-corrected chi connectivity index (χ4v) is 3.19. The quantitative estimate of drug-likeness (QED) is 0.679. The Labute approximate surface area is 117 Å². The Balaban J connectivity index is 2.37. The molecular formula is C13H19N3O2S. The first kappa shape index (κ1) is 14.0. The fourth-order valence-electron chi connectivity index (χ4n) is 2.30. The predicted molar refractivity (Wildman–Crippen MR) is 81.4 cm³/mol. The smallest absolute Gasteiger partial charge is 0.315 e. The van der Waals surface area contributed by atoms with Gasteiger partial charge < -0.3 is 10.2 Å². The number of nitrogens with zero attached hydrogens (tertiary/aromatic N) is 2. The lowest BCUT2D eigenvalue weighted by Gasteiger charge is -2.23. The van der Waals surface area contributed by atoms with E-state index in [-0.39, 0.29) is 10.6 Å². The molecule has 1 saturated heterocycles. The van der Waals surface area contributed by atoms with Crippen LogP contribution in [0.2, 0.25) is 0 Å². The summed E-state index contributed by atoms with van der Waals surface area (Å²) in [7, 11) is 0. The van der Waals surface area contributed by atoms with Gasteiger partial charge in [0.1, 0.15) is 11.4 Å². The molecule has 0 aromatic heterocycles. The molecule has 0 bridgehead atoms. The SMILES string of the molecule is CCNc1cccc(N2CCCSCC2)c1[N+](=O)[O-]. The third kappa shape index (κ3) is 3.32. The second-order valence-electron chi connectivity index (χ2n) is 4.41. The molecule has 2 rings (SSSR count). The number of nitrogens with one attached hydrogen (secondary N) is 1. The maximum absolute atomic E-state index is 11.4. The Bertz CT molecular complexity index is 446. The summed E-state index contributed by atoms with van der Waals surface area (Å²) in [6, 6.07) is 5.52. The minimum atomic E-state index is -0.272. The average molecular weight is 281 g/mol. The monoisotopic (exact) mass is 281 g/mol. The van der Waals surface area contributed by atoms with Gasteiger partial charge in [0.25, 0.3) is 0 Å². The van der Waals surface area contributed by atoms with Crippen LogP contribution < -0.4 is 10.2 Å². The molecule has 1 N–H and O–H groups in total. The van der Waals surface area contributed by atoms with Crippen molar-refractivity contribution in [2.45, 2.75) is 13.3 Å². The van der Waals surface area contributed by atoms with E-state index < -0.39 is 0 Å². The van der Waals surface area contributed by atoms with Gasteiger partial charge in [0, 0.05) is 25.4 Å². The second kappa shape index (κ2) is 6.65. The first-order valence-electron chi connectivity index (χ1n) is 6.58. The molecule has 5 nitrogen and oxygen atoms in total. The van der Waals surface area contributed by atoms with E-state index in [1.54, 1.807) is 6.07 Å². The molecule has 0 amide bonds. The molecular weight excluding hydrogens is 262 g/mol. The Hall–Kier alpha value is -1.43. The summed E-state index contributed by atoms with van der Waals surface area (Å²) < 4.78 is 0. The van der Waals surface area contributed by atoms with Crippen LogP contribution in [0.4, 0.5) is 17.1 Å². The highest BCUT2D eigenvalue weighted by atomic mass is 32.2. The Kier molecular flexibility index (Phi) is 4.90. The number of rotatable bonds is 4. The maximum atomic E-state index is 11.4. The Morgan fingerprint density at radius 3 is 3.00 bits per heavy atom. The normalized spacial score (nSPS) is 15.9. The molecule has 0 saturated carbocycles. The topological polar surface area (TPSA) is 58.4 Å². The number of thioether (sulfide) groups is 1. The van der Waals surface area contributed by atoms with Crippen LogP contribution in [0.15, 0.2) is 18.2 Å². The van der Waals surface area contributed by atoms with Crippen molar-refractivity contribution in [2.24, 2.45) is 0 Å². The zero-order valence-corrected chi connectivity index (χ0v) is 11.9. The van der Waals surface area contributed by atoms with Crippen LogP contribution >= 0.6 is 11.8 Å². The average Bonchev–Trinajstić information content (AvgIpc) is 2.67. The summed E-state index contributed by atoms with van der Waals surface area (Å²) in [4.78, 5) is 13.2. The van der Waals surface area contributed by atoms with Crippen LogP contribution in [-0.2, 0) is 0 Å². The number of nitro groups is 1. The summed E-state index contributed by atoms with van der Waals surface area (Å²) in [5, 5.41) is 14.5. The van der Waals surface area contributed by atoms with E-state index in [1.165, 1.54) is 0 Å². The van der Waals surface area contributed by atoms with E-state index in [0.717, 1.165) is 36.7 Å². The van der Waals surface area contributed by atoms with E-state index in [9.17, 15) is 10.1 Å². The van der Waals surface area contributed by atoms with Crippen molar-refractivity contribution in [2.75, 3.05) is 41.4 Å². The molecule has 0 atom stereocenters. The number of anilines is 2. The number of nitro benzene ring substituents is 1. The number of hydrogen-bond acceptors (Lipinski definition) is 5. The molecule has 104 valence electrons. The number of hydrogen-bond donors (Lipinski definition) is 1. The Morgan fingerprint density at radius 2 is 2.26 bits per heavy atom. The van der Waals surface area contributed by atoms with Gasteiger partial charge in [-0.05, 0) is 31.2 Å². The molecule has 1 heterocycles. The molecule has 1 fully saturated rings. The number of benzene rings is 1. The van der Waals surface area contributed by atoms with Gasteiger partial charge in [-0.2, -0.15) is 11.8 Å². The van der Waals surface area contributed by atoms with Gasteiger partial charge in [-0.3, -0.25) is 10.1 Å². The van der Waals surface area contributed by atoms with E-state index in [2.05, 4.69) is 10.2 Å². The molecule has 0 aliphatic carbocycles. The summed E-state index contributed by atoms with van der Waals surface area (Å²) in [6.45, 7) is 4.39. The van der Waals surface area contributed by atoms with Gasteiger partial charge in [0.2, 0.25) is 0 Å². The lowest BCUT2D eigenvalue weighted by molar-refractivity contribution is -0.383. The molecule has 6 heteroatoms. The van der Waals surface area contributed by atoms with Gasteiger partial charge in [-0.25, -0.2) is 0 Å². The summed E-state index contributed by atoms with van der Waals surface area (Å²) in [5.41, 5.74) is 1.56. The van der Waals surface area contributed by atoms with Crippen LogP contribution in [0, 0.1) is 10.1 Å². The van der Waals surface area contributed by atoms with Gasteiger partial charge in [-0.15, -0.1) is 0 Å². The number of para-hydroxylation sites is 1. The molecule has 0 radical (unpaired) electrons. The zero-order chi connectivity index (χ0) is 13.7. The molecule has 0 spiro atoms. The van der Waals surface area contributed by atoms with Crippen molar-refractivity contribution in [3.63, 3.8) is 0 Å². The molecule has 1 aliphatic heterocycles. The molecule has 1 aromatic carbocycles. The highest BCUT2D eigenvalue weighted by Crippen LogP contribution is 2.36. The lowest BCUT2D eigenvalue weighted by Crippen LogP contribution is -2.26. The third-order valence-electron chi connectivity index (χ3n) is 3.13. The predicted octanol–water partition coefficient (Wildman–Crippen LogP) is 2.97. The summed E-state index contributed by atoms with van der Waals surface area (Å²) in [5.74, 6) is 2.17.